The quantitative estimate of drug-likeness (QED) is 0.387. The van der Waals surface area contributed by atoms with E-state index < -0.39 is 0 Å². The average molecular weight is 475 g/mol. The van der Waals surface area contributed by atoms with Crippen molar-refractivity contribution in [2.45, 2.75) is 50.7 Å². The van der Waals surface area contributed by atoms with Crippen LogP contribution < -0.4 is 15.5 Å². The van der Waals surface area contributed by atoms with Crippen LogP contribution in [0.15, 0.2) is 11.2 Å². The molecule has 0 bridgehead atoms. The second-order valence-electron chi connectivity index (χ2n) is 7.49. The Kier molecular flexibility index (Phi) is 8.00. The number of aromatic nitrogens is 2. The molecule has 148 valence electrons. The number of nitrogens with one attached hydrogen (secondary N) is 2. The highest BCUT2D eigenvalue weighted by atomic mass is 127. The van der Waals surface area contributed by atoms with Crippen molar-refractivity contribution in [2.24, 2.45) is 12.0 Å². The van der Waals surface area contributed by atoms with Crippen molar-refractivity contribution in [1.82, 2.24) is 25.1 Å². The predicted molar refractivity (Wildman–Crippen MR) is 119 cm³/mol. The maximum atomic E-state index is 4.46. The minimum Gasteiger partial charge on any atom is -0.352 e. The number of rotatable bonds is 5. The lowest BCUT2D eigenvalue weighted by Crippen LogP contribution is -2.45. The van der Waals surface area contributed by atoms with E-state index in [1.165, 1.54) is 38.6 Å². The molecule has 0 radical (unpaired) electrons. The van der Waals surface area contributed by atoms with Crippen molar-refractivity contribution in [1.29, 1.82) is 0 Å². The number of hydrogen-bond acceptors (Lipinski definition) is 4. The van der Waals surface area contributed by atoms with Gasteiger partial charge in [-0.05, 0) is 19.3 Å². The van der Waals surface area contributed by atoms with Crippen LogP contribution in [0, 0.1) is 0 Å². The lowest BCUT2D eigenvalue weighted by Gasteiger charge is -2.24. The third kappa shape index (κ3) is 5.03. The Morgan fingerprint density at radius 2 is 2.04 bits per heavy atom. The van der Waals surface area contributed by atoms with E-state index in [-0.39, 0.29) is 24.0 Å². The smallest absolute Gasteiger partial charge is 0.204 e. The molecule has 2 aliphatic rings. The molecule has 2 fully saturated rings. The van der Waals surface area contributed by atoms with Gasteiger partial charge in [-0.2, -0.15) is 0 Å². The molecular formula is C18H34IN7. The van der Waals surface area contributed by atoms with Crippen molar-refractivity contribution < 1.29 is 0 Å². The second-order valence-corrected chi connectivity index (χ2v) is 7.49. The Labute approximate surface area is 174 Å². The summed E-state index contributed by atoms with van der Waals surface area (Å²) >= 11 is 0. The van der Waals surface area contributed by atoms with E-state index in [0.29, 0.717) is 6.04 Å². The third-order valence-corrected chi connectivity index (χ3v) is 5.52. The molecule has 3 rings (SSSR count). The molecule has 1 atom stereocenters. The Balaban J connectivity index is 0.00000243. The molecule has 1 saturated carbocycles. The SMILES string of the molecule is CN=C(NCc1cnc(N(C)C)n1C)NC1CCN(C2CCCC2)C1.I. The van der Waals surface area contributed by atoms with Crippen LogP contribution in [0.5, 0.6) is 0 Å². The van der Waals surface area contributed by atoms with E-state index in [0.717, 1.165) is 36.7 Å². The number of nitrogens with zero attached hydrogens (tertiary/aromatic N) is 5. The van der Waals surface area contributed by atoms with E-state index >= 15 is 0 Å². The summed E-state index contributed by atoms with van der Waals surface area (Å²) in [6, 6.07) is 1.32. The number of anilines is 1. The molecule has 1 aliphatic carbocycles. The van der Waals surface area contributed by atoms with Crippen LogP contribution >= 0.6 is 24.0 Å². The Hall–Kier alpha value is -1.03. The molecule has 1 aliphatic heterocycles. The highest BCUT2D eigenvalue weighted by molar-refractivity contribution is 14.0. The average Bonchev–Trinajstić information content (AvgIpc) is 3.32. The van der Waals surface area contributed by atoms with Gasteiger partial charge in [-0.3, -0.25) is 9.89 Å². The zero-order valence-electron chi connectivity index (χ0n) is 16.5. The number of aliphatic imine (C=N–C) groups is 1. The van der Waals surface area contributed by atoms with Crippen LogP contribution in [-0.4, -0.2) is 66.7 Å². The molecule has 1 unspecified atom stereocenters. The number of guanidine groups is 1. The van der Waals surface area contributed by atoms with Crippen molar-refractivity contribution in [3.05, 3.63) is 11.9 Å². The van der Waals surface area contributed by atoms with Gasteiger partial charge in [0.15, 0.2) is 5.96 Å². The Morgan fingerprint density at radius 3 is 2.65 bits per heavy atom. The fourth-order valence-corrected chi connectivity index (χ4v) is 4.08. The maximum Gasteiger partial charge on any atom is 0.204 e. The number of hydrogen-bond donors (Lipinski definition) is 2. The summed E-state index contributed by atoms with van der Waals surface area (Å²) in [5, 5.41) is 7.03. The summed E-state index contributed by atoms with van der Waals surface area (Å²) in [5.41, 5.74) is 1.14. The maximum absolute atomic E-state index is 4.46. The molecule has 1 saturated heterocycles. The summed E-state index contributed by atoms with van der Waals surface area (Å²) in [4.78, 5) is 13.5. The van der Waals surface area contributed by atoms with Gasteiger partial charge in [-0.15, -0.1) is 24.0 Å². The molecule has 0 spiro atoms. The van der Waals surface area contributed by atoms with Gasteiger partial charge in [0.1, 0.15) is 0 Å². The van der Waals surface area contributed by atoms with Gasteiger partial charge in [0, 0.05) is 53.4 Å². The fraction of sp³-hybridized carbons (Fsp3) is 0.778. The molecule has 2 N–H and O–H groups in total. The van der Waals surface area contributed by atoms with Crippen LogP contribution in [-0.2, 0) is 13.6 Å². The van der Waals surface area contributed by atoms with Crippen molar-refractivity contribution >= 4 is 35.9 Å². The van der Waals surface area contributed by atoms with Crippen LogP contribution in [0.3, 0.4) is 0 Å². The summed E-state index contributed by atoms with van der Waals surface area (Å²) < 4.78 is 2.11. The predicted octanol–water partition coefficient (Wildman–Crippen LogP) is 1.79. The Morgan fingerprint density at radius 1 is 1.31 bits per heavy atom. The standard InChI is InChI=1S/C18H33N7.HI/c1-19-17(20-11-16-12-21-18(23(2)3)24(16)4)22-14-9-10-25(13-14)15-7-5-6-8-15;/h12,14-15H,5-11,13H2,1-4H3,(H2,19,20,22);1H. The molecular weight excluding hydrogens is 441 g/mol. The fourth-order valence-electron chi connectivity index (χ4n) is 4.08. The molecule has 2 heterocycles. The molecule has 1 aromatic heterocycles. The van der Waals surface area contributed by atoms with Gasteiger partial charge in [0.05, 0.1) is 18.4 Å². The topological polar surface area (TPSA) is 60.7 Å². The minimum atomic E-state index is 0. The zero-order chi connectivity index (χ0) is 17.8. The monoisotopic (exact) mass is 475 g/mol. The largest absolute Gasteiger partial charge is 0.352 e. The summed E-state index contributed by atoms with van der Waals surface area (Å²) in [6.45, 7) is 3.07. The highest BCUT2D eigenvalue weighted by Gasteiger charge is 2.30. The first-order chi connectivity index (χ1) is 12.1. The van der Waals surface area contributed by atoms with Gasteiger partial charge in [0.25, 0.3) is 0 Å². The van der Waals surface area contributed by atoms with Crippen LogP contribution in [0.1, 0.15) is 37.8 Å². The van der Waals surface area contributed by atoms with Gasteiger partial charge < -0.3 is 20.1 Å². The second kappa shape index (κ2) is 9.77. The highest BCUT2D eigenvalue weighted by Crippen LogP contribution is 2.26. The van der Waals surface area contributed by atoms with E-state index in [1.54, 1.807) is 0 Å². The van der Waals surface area contributed by atoms with Gasteiger partial charge in [0.2, 0.25) is 5.95 Å². The van der Waals surface area contributed by atoms with E-state index in [9.17, 15) is 0 Å². The van der Waals surface area contributed by atoms with Crippen LogP contribution in [0.4, 0.5) is 5.95 Å². The molecule has 1 aromatic rings. The third-order valence-electron chi connectivity index (χ3n) is 5.52. The summed E-state index contributed by atoms with van der Waals surface area (Å²) in [5.74, 6) is 1.84. The van der Waals surface area contributed by atoms with Crippen molar-refractivity contribution in [2.75, 3.05) is 39.1 Å². The molecule has 0 amide bonds. The lowest BCUT2D eigenvalue weighted by molar-refractivity contribution is 0.242. The first-order valence-corrected chi connectivity index (χ1v) is 9.47. The van der Waals surface area contributed by atoms with Crippen molar-refractivity contribution in [3.63, 3.8) is 0 Å². The summed E-state index contributed by atoms with van der Waals surface area (Å²) in [7, 11) is 7.91. The number of likely N-dealkylation sites (tertiary alicyclic amines) is 1. The van der Waals surface area contributed by atoms with Gasteiger partial charge in [-0.1, -0.05) is 12.8 Å². The van der Waals surface area contributed by atoms with E-state index in [4.69, 9.17) is 0 Å². The van der Waals surface area contributed by atoms with Crippen LogP contribution in [0.2, 0.25) is 0 Å². The van der Waals surface area contributed by atoms with Crippen molar-refractivity contribution in [3.8, 4) is 0 Å². The molecule has 0 aromatic carbocycles. The van der Waals surface area contributed by atoms with Gasteiger partial charge in [-0.25, -0.2) is 4.98 Å². The zero-order valence-corrected chi connectivity index (χ0v) is 18.9. The molecule has 26 heavy (non-hydrogen) atoms. The lowest BCUT2D eigenvalue weighted by atomic mass is 10.2. The van der Waals surface area contributed by atoms with E-state index in [1.807, 2.05) is 39.3 Å². The Bertz CT molecular complexity index is 592. The first kappa shape index (κ1) is 21.3. The van der Waals surface area contributed by atoms with Gasteiger partial charge >= 0.3 is 0 Å². The molecule has 8 heteroatoms. The molecule has 7 nitrogen and oxygen atoms in total. The first-order valence-electron chi connectivity index (χ1n) is 9.47. The number of halogens is 1. The minimum absolute atomic E-state index is 0. The summed E-state index contributed by atoms with van der Waals surface area (Å²) in [6.07, 6.45) is 8.70. The van der Waals surface area contributed by atoms with Crippen LogP contribution in [0.25, 0.3) is 0 Å². The van der Waals surface area contributed by atoms with E-state index in [2.05, 4.69) is 30.1 Å². The normalized spacial score (nSPS) is 21.7. The number of imidazole rings is 1.